The molecule has 0 aliphatic carbocycles. The number of ether oxygens (including phenoxy) is 4. The predicted octanol–water partition coefficient (Wildman–Crippen LogP) is 6.48. The van der Waals surface area contributed by atoms with Gasteiger partial charge < -0.3 is 18.9 Å². The van der Waals surface area contributed by atoms with Crippen molar-refractivity contribution < 1.29 is 28.5 Å². The van der Waals surface area contributed by atoms with Crippen LogP contribution in [-0.2, 0) is 9.59 Å². The van der Waals surface area contributed by atoms with E-state index >= 15 is 0 Å². The van der Waals surface area contributed by atoms with Crippen molar-refractivity contribution in [2.24, 2.45) is 0 Å². The Morgan fingerprint density at radius 1 is 0.742 bits per heavy atom. The molecule has 0 aliphatic rings. The number of halogens is 1. The van der Waals surface area contributed by atoms with Crippen molar-refractivity contribution in [3.8, 4) is 23.0 Å². The molecule has 2 aromatic rings. The summed E-state index contributed by atoms with van der Waals surface area (Å²) in [6.45, 7) is 4.04. The molecule has 170 valence electrons. The van der Waals surface area contributed by atoms with Crippen LogP contribution < -0.4 is 18.9 Å². The number of methoxy groups -OCH3 is 2. The summed E-state index contributed by atoms with van der Waals surface area (Å²) >= 11 is 6.21. The highest BCUT2D eigenvalue weighted by Gasteiger charge is 2.26. The molecule has 31 heavy (non-hydrogen) atoms. The van der Waals surface area contributed by atoms with Gasteiger partial charge >= 0.3 is 11.9 Å². The first kappa shape index (κ1) is 24.8. The molecular weight excluding hydrogens is 420 g/mol. The fourth-order valence-electron chi connectivity index (χ4n) is 3.33. The molecule has 0 atom stereocenters. The number of unbranched alkanes of at least 4 members (excludes halogenated alkanes) is 4. The van der Waals surface area contributed by atoms with Gasteiger partial charge in [0.25, 0.3) is 0 Å². The van der Waals surface area contributed by atoms with Crippen molar-refractivity contribution in [1.82, 2.24) is 0 Å². The number of hydrogen-bond donors (Lipinski definition) is 0. The molecule has 2 aromatic carbocycles. The molecule has 0 N–H and O–H groups in total. The highest BCUT2D eigenvalue weighted by molar-refractivity contribution is 6.31. The van der Waals surface area contributed by atoms with E-state index in [2.05, 4.69) is 6.92 Å². The summed E-state index contributed by atoms with van der Waals surface area (Å²) in [6, 6.07) is 5.03. The van der Waals surface area contributed by atoms with E-state index in [1.165, 1.54) is 14.2 Å². The molecule has 0 spiro atoms. The maximum atomic E-state index is 12.5. The lowest BCUT2D eigenvalue weighted by molar-refractivity contribution is -0.135. The molecule has 6 nitrogen and oxygen atoms in total. The van der Waals surface area contributed by atoms with E-state index < -0.39 is 5.97 Å². The van der Waals surface area contributed by atoms with Crippen molar-refractivity contribution in [3.05, 3.63) is 23.2 Å². The first-order valence-electron chi connectivity index (χ1n) is 10.7. The Kier molecular flexibility index (Phi) is 9.92. The maximum Gasteiger partial charge on any atom is 0.311 e. The van der Waals surface area contributed by atoms with E-state index in [4.69, 9.17) is 30.5 Å². The van der Waals surface area contributed by atoms with E-state index in [9.17, 15) is 9.59 Å². The zero-order valence-corrected chi connectivity index (χ0v) is 19.5. The highest BCUT2D eigenvalue weighted by Crippen LogP contribution is 2.51. The monoisotopic (exact) mass is 450 g/mol. The summed E-state index contributed by atoms with van der Waals surface area (Å²) in [5.41, 5.74) is 0. The molecule has 0 aliphatic heterocycles. The minimum atomic E-state index is -0.402. The second kappa shape index (κ2) is 12.4. The van der Waals surface area contributed by atoms with Crippen LogP contribution in [0.15, 0.2) is 18.2 Å². The van der Waals surface area contributed by atoms with Crippen LogP contribution >= 0.6 is 11.6 Å². The predicted molar refractivity (Wildman–Crippen MR) is 122 cm³/mol. The summed E-state index contributed by atoms with van der Waals surface area (Å²) in [4.78, 5) is 24.8. The van der Waals surface area contributed by atoms with Gasteiger partial charge in [0.15, 0.2) is 11.5 Å². The van der Waals surface area contributed by atoms with Crippen LogP contribution in [0, 0.1) is 0 Å². The Balaban J connectivity index is 2.46. The smallest absolute Gasteiger partial charge is 0.311 e. The van der Waals surface area contributed by atoms with Crippen molar-refractivity contribution >= 4 is 34.3 Å². The van der Waals surface area contributed by atoms with Crippen molar-refractivity contribution in [1.29, 1.82) is 0 Å². The quantitative estimate of drug-likeness (QED) is 0.209. The number of carbonyl (C=O) groups is 2. The van der Waals surface area contributed by atoms with Gasteiger partial charge in [0.05, 0.1) is 14.2 Å². The molecule has 7 heteroatoms. The summed E-state index contributed by atoms with van der Waals surface area (Å²) < 4.78 is 22.4. The summed E-state index contributed by atoms with van der Waals surface area (Å²) in [5, 5.41) is 1.49. The third-order valence-electron chi connectivity index (χ3n) is 4.87. The second-order valence-electron chi connectivity index (χ2n) is 7.28. The summed E-state index contributed by atoms with van der Waals surface area (Å²) in [6.07, 6.45) is 6.33. The van der Waals surface area contributed by atoms with Gasteiger partial charge in [-0.05, 0) is 31.0 Å². The Morgan fingerprint density at radius 2 is 1.32 bits per heavy atom. The van der Waals surface area contributed by atoms with Crippen LogP contribution in [0.25, 0.3) is 10.8 Å². The third kappa shape index (κ3) is 6.50. The minimum absolute atomic E-state index is 0.174. The topological polar surface area (TPSA) is 71.1 Å². The molecule has 0 unspecified atom stereocenters. The van der Waals surface area contributed by atoms with E-state index in [1.54, 1.807) is 18.2 Å². The number of fused-ring (bicyclic) bond motifs is 1. The fraction of sp³-hybridized carbons (Fsp3) is 0.500. The van der Waals surface area contributed by atoms with Gasteiger partial charge in [-0.1, -0.05) is 51.1 Å². The van der Waals surface area contributed by atoms with Gasteiger partial charge in [-0.15, -0.1) is 0 Å². The van der Waals surface area contributed by atoms with Crippen LogP contribution in [0.5, 0.6) is 23.0 Å². The molecule has 0 radical (unpaired) electrons. The van der Waals surface area contributed by atoms with Crippen LogP contribution in [0.3, 0.4) is 0 Å². The molecule has 0 aromatic heterocycles. The van der Waals surface area contributed by atoms with Crippen molar-refractivity contribution in [2.45, 2.75) is 65.2 Å². The molecule has 0 amide bonds. The zero-order valence-electron chi connectivity index (χ0n) is 18.7. The lowest BCUT2D eigenvalue weighted by Gasteiger charge is -2.19. The number of carbonyl (C=O) groups excluding carboxylic acids is 2. The average molecular weight is 451 g/mol. The lowest BCUT2D eigenvalue weighted by atomic mass is 10.1. The SMILES string of the molecule is CCCCCCCC(=O)Oc1c(OC)c(OC)c(OC(=O)CCC)c2cc(Cl)ccc12. The minimum Gasteiger partial charge on any atom is -0.490 e. The van der Waals surface area contributed by atoms with Gasteiger partial charge in [-0.2, -0.15) is 0 Å². The van der Waals surface area contributed by atoms with E-state index in [0.29, 0.717) is 28.6 Å². The van der Waals surface area contributed by atoms with Crippen molar-refractivity contribution in [2.75, 3.05) is 14.2 Å². The first-order valence-corrected chi connectivity index (χ1v) is 11.1. The van der Waals surface area contributed by atoms with Gasteiger partial charge in [-0.25, -0.2) is 0 Å². The Hall–Kier alpha value is -2.47. The fourth-order valence-corrected chi connectivity index (χ4v) is 3.51. The highest BCUT2D eigenvalue weighted by atomic mass is 35.5. The number of hydrogen-bond acceptors (Lipinski definition) is 6. The molecule has 2 rings (SSSR count). The summed E-state index contributed by atoms with van der Waals surface area (Å²) in [7, 11) is 2.88. The van der Waals surface area contributed by atoms with E-state index in [0.717, 1.165) is 32.1 Å². The molecule has 0 saturated carbocycles. The van der Waals surface area contributed by atoms with Crippen LogP contribution in [0.1, 0.15) is 65.2 Å². The van der Waals surface area contributed by atoms with Gasteiger partial charge in [0.1, 0.15) is 0 Å². The molecule has 0 bridgehead atoms. The lowest BCUT2D eigenvalue weighted by Crippen LogP contribution is -2.12. The largest absolute Gasteiger partial charge is 0.490 e. The Morgan fingerprint density at radius 3 is 1.90 bits per heavy atom. The first-order chi connectivity index (χ1) is 15.0. The number of benzene rings is 2. The number of rotatable bonds is 12. The molecule has 0 saturated heterocycles. The van der Waals surface area contributed by atoms with Crippen molar-refractivity contribution in [3.63, 3.8) is 0 Å². The molecular formula is C24H31ClO6. The van der Waals surface area contributed by atoms with E-state index in [1.807, 2.05) is 6.92 Å². The second-order valence-corrected chi connectivity index (χ2v) is 7.71. The Labute approximate surface area is 188 Å². The standard InChI is InChI=1S/C24H31ClO6/c1-5-7-8-9-10-12-20(27)31-21-17-14-13-16(25)15-18(17)22(30-19(26)11-6-2)24(29-4)23(21)28-3/h13-15H,5-12H2,1-4H3. The van der Waals surface area contributed by atoms with E-state index in [-0.39, 0.29) is 35.4 Å². The van der Waals surface area contributed by atoms with Crippen LogP contribution in [0.2, 0.25) is 5.02 Å². The molecule has 0 fully saturated rings. The average Bonchev–Trinajstić information content (AvgIpc) is 2.74. The third-order valence-corrected chi connectivity index (χ3v) is 5.10. The zero-order chi connectivity index (χ0) is 22.8. The summed E-state index contributed by atoms with van der Waals surface area (Å²) in [5.74, 6) is 0.0164. The van der Waals surface area contributed by atoms with Gasteiger partial charge in [0, 0.05) is 28.6 Å². The van der Waals surface area contributed by atoms with Gasteiger partial charge in [-0.3, -0.25) is 9.59 Å². The maximum absolute atomic E-state index is 12.5. The Bertz CT molecular complexity index is 909. The van der Waals surface area contributed by atoms with Crippen LogP contribution in [0.4, 0.5) is 0 Å². The normalized spacial score (nSPS) is 10.7. The van der Waals surface area contributed by atoms with Crippen LogP contribution in [-0.4, -0.2) is 26.2 Å². The number of esters is 2. The molecule has 0 heterocycles. The van der Waals surface area contributed by atoms with Gasteiger partial charge in [0.2, 0.25) is 11.5 Å².